The molecule has 0 spiro atoms. The number of rotatable bonds is 6. The number of nitrogens with one attached hydrogen (secondary N) is 1. The van der Waals surface area contributed by atoms with Gasteiger partial charge in [-0.2, -0.15) is 5.10 Å². The molecule has 1 heterocycles. The summed E-state index contributed by atoms with van der Waals surface area (Å²) in [5.74, 6) is -0.151. The van der Waals surface area contributed by atoms with Crippen LogP contribution in [0.4, 0.5) is 5.69 Å². The first-order valence-corrected chi connectivity index (χ1v) is 9.10. The van der Waals surface area contributed by atoms with E-state index < -0.39 is 0 Å². The highest BCUT2D eigenvalue weighted by molar-refractivity contribution is 6.31. The number of carbonyl (C=O) groups is 1. The number of hydrogen-bond donors (Lipinski definition) is 1. The smallest absolute Gasteiger partial charge is 0.238 e. The number of hydrogen-bond acceptors (Lipinski definition) is 4. The van der Waals surface area contributed by atoms with Gasteiger partial charge in [0.1, 0.15) is 12.7 Å². The third-order valence-corrected chi connectivity index (χ3v) is 4.79. The predicted octanol–water partition coefficient (Wildman–Crippen LogP) is 4.21. The second kappa shape index (κ2) is 8.52. The Morgan fingerprint density at radius 1 is 1.19 bits per heavy atom. The first-order chi connectivity index (χ1) is 12.9. The lowest BCUT2D eigenvalue weighted by Gasteiger charge is -2.24. The quantitative estimate of drug-likeness (QED) is 0.669. The monoisotopic (exact) mass is 403 g/mol. The normalized spacial score (nSPS) is 12.2. The highest BCUT2D eigenvalue weighted by atomic mass is 35.5. The van der Waals surface area contributed by atoms with Crippen molar-refractivity contribution in [3.8, 4) is 5.69 Å². The molecule has 0 fully saturated rings. The molecule has 1 aromatic heterocycles. The van der Waals surface area contributed by atoms with E-state index in [4.69, 9.17) is 23.2 Å². The van der Waals surface area contributed by atoms with E-state index >= 15 is 0 Å². The lowest BCUT2D eigenvalue weighted by Crippen LogP contribution is -2.32. The average Bonchev–Trinajstić information content (AvgIpc) is 3.16. The number of nitrogens with zero attached hydrogens (tertiary/aromatic N) is 4. The van der Waals surface area contributed by atoms with E-state index in [2.05, 4.69) is 15.4 Å². The van der Waals surface area contributed by atoms with Crippen molar-refractivity contribution in [2.45, 2.75) is 13.0 Å². The van der Waals surface area contributed by atoms with Gasteiger partial charge >= 0.3 is 0 Å². The molecule has 1 atom stereocenters. The van der Waals surface area contributed by atoms with Gasteiger partial charge in [-0.05, 0) is 49.9 Å². The summed E-state index contributed by atoms with van der Waals surface area (Å²) in [6.07, 6.45) is 3.00. The van der Waals surface area contributed by atoms with Gasteiger partial charge < -0.3 is 5.32 Å². The highest BCUT2D eigenvalue weighted by Crippen LogP contribution is 2.25. The van der Waals surface area contributed by atoms with Crippen LogP contribution in [-0.2, 0) is 4.79 Å². The average molecular weight is 404 g/mol. The van der Waals surface area contributed by atoms with Crippen molar-refractivity contribution >= 4 is 34.8 Å². The Bertz CT molecular complexity index is 912. The zero-order chi connectivity index (χ0) is 19.4. The number of benzene rings is 2. The Labute approximate surface area is 167 Å². The summed E-state index contributed by atoms with van der Waals surface area (Å²) in [4.78, 5) is 18.5. The maximum atomic E-state index is 12.6. The van der Waals surface area contributed by atoms with Crippen LogP contribution < -0.4 is 5.32 Å². The SMILES string of the molecule is CC(c1ccc(Cl)cc1)N(C)CC(=O)Nc1cc(Cl)ccc1-n1cncn1. The van der Waals surface area contributed by atoms with Crippen molar-refractivity contribution in [3.05, 3.63) is 70.7 Å². The van der Waals surface area contributed by atoms with Crippen LogP contribution in [0.5, 0.6) is 0 Å². The summed E-state index contributed by atoms with van der Waals surface area (Å²) >= 11 is 12.0. The third kappa shape index (κ3) is 4.86. The lowest BCUT2D eigenvalue weighted by atomic mass is 10.1. The molecule has 3 aromatic rings. The first-order valence-electron chi connectivity index (χ1n) is 8.34. The molecule has 1 amide bonds. The molecule has 0 radical (unpaired) electrons. The molecular formula is C19H19Cl2N5O. The topological polar surface area (TPSA) is 63.1 Å². The maximum absolute atomic E-state index is 12.6. The van der Waals surface area contributed by atoms with E-state index in [1.54, 1.807) is 29.2 Å². The van der Waals surface area contributed by atoms with Crippen LogP contribution in [0, 0.1) is 0 Å². The number of likely N-dealkylation sites (N-methyl/N-ethyl adjacent to an activating group) is 1. The van der Waals surface area contributed by atoms with Crippen LogP contribution >= 0.6 is 23.2 Å². The molecule has 0 aliphatic carbocycles. The standard InChI is InChI=1S/C19H19Cl2N5O/c1-13(14-3-5-15(20)6-4-14)25(2)10-19(27)24-17-9-16(21)7-8-18(17)26-12-22-11-23-26/h3-9,11-13H,10H2,1-2H3,(H,24,27). The summed E-state index contributed by atoms with van der Waals surface area (Å²) in [6, 6.07) is 12.9. The van der Waals surface area contributed by atoms with Crippen molar-refractivity contribution < 1.29 is 4.79 Å². The molecule has 27 heavy (non-hydrogen) atoms. The fraction of sp³-hybridized carbons (Fsp3) is 0.211. The van der Waals surface area contributed by atoms with E-state index in [0.717, 1.165) is 5.56 Å². The molecule has 6 nitrogen and oxygen atoms in total. The van der Waals surface area contributed by atoms with E-state index in [9.17, 15) is 4.79 Å². The van der Waals surface area contributed by atoms with Crippen LogP contribution in [0.1, 0.15) is 18.5 Å². The summed E-state index contributed by atoms with van der Waals surface area (Å²) in [5.41, 5.74) is 2.35. The second-order valence-electron chi connectivity index (χ2n) is 6.19. The molecule has 0 aliphatic rings. The lowest BCUT2D eigenvalue weighted by molar-refractivity contribution is -0.117. The molecule has 3 rings (SSSR count). The van der Waals surface area contributed by atoms with Gasteiger partial charge in [0.15, 0.2) is 0 Å². The van der Waals surface area contributed by atoms with E-state index in [0.29, 0.717) is 21.4 Å². The van der Waals surface area contributed by atoms with E-state index in [-0.39, 0.29) is 18.5 Å². The number of amides is 1. The molecule has 0 bridgehead atoms. The van der Waals surface area contributed by atoms with Gasteiger partial charge in [-0.3, -0.25) is 9.69 Å². The molecular weight excluding hydrogens is 385 g/mol. The van der Waals surface area contributed by atoms with Gasteiger partial charge in [0.05, 0.1) is 17.9 Å². The van der Waals surface area contributed by atoms with E-state index in [1.165, 1.54) is 6.33 Å². The van der Waals surface area contributed by atoms with Gasteiger partial charge in [-0.15, -0.1) is 0 Å². The minimum absolute atomic E-state index is 0.0576. The Morgan fingerprint density at radius 3 is 2.56 bits per heavy atom. The Hall–Kier alpha value is -2.41. The van der Waals surface area contributed by atoms with Gasteiger partial charge in [-0.1, -0.05) is 35.3 Å². The molecule has 0 aliphatic heterocycles. The van der Waals surface area contributed by atoms with Crippen molar-refractivity contribution in [2.24, 2.45) is 0 Å². The predicted molar refractivity (Wildman–Crippen MR) is 107 cm³/mol. The molecule has 0 saturated carbocycles. The molecule has 1 unspecified atom stereocenters. The van der Waals surface area contributed by atoms with Gasteiger partial charge in [0.2, 0.25) is 5.91 Å². The van der Waals surface area contributed by atoms with Crippen molar-refractivity contribution in [1.82, 2.24) is 19.7 Å². The Balaban J connectivity index is 1.70. The Morgan fingerprint density at radius 2 is 1.89 bits per heavy atom. The Kier molecular flexibility index (Phi) is 6.11. The van der Waals surface area contributed by atoms with Crippen LogP contribution in [0.2, 0.25) is 10.0 Å². The molecule has 0 saturated heterocycles. The second-order valence-corrected chi connectivity index (χ2v) is 7.07. The summed E-state index contributed by atoms with van der Waals surface area (Å²) in [7, 11) is 1.90. The first kappa shape index (κ1) is 19.4. The summed E-state index contributed by atoms with van der Waals surface area (Å²) in [5, 5.41) is 8.23. The molecule has 1 N–H and O–H groups in total. The van der Waals surface area contributed by atoms with Crippen molar-refractivity contribution in [1.29, 1.82) is 0 Å². The summed E-state index contributed by atoms with van der Waals surface area (Å²) in [6.45, 7) is 2.25. The van der Waals surface area contributed by atoms with Crippen LogP contribution in [0.3, 0.4) is 0 Å². The third-order valence-electron chi connectivity index (χ3n) is 4.30. The fourth-order valence-electron chi connectivity index (χ4n) is 2.69. The highest BCUT2D eigenvalue weighted by Gasteiger charge is 2.16. The minimum Gasteiger partial charge on any atom is -0.323 e. The molecule has 140 valence electrons. The van der Waals surface area contributed by atoms with E-state index in [1.807, 2.05) is 43.1 Å². The van der Waals surface area contributed by atoms with Crippen molar-refractivity contribution in [2.75, 3.05) is 18.9 Å². The van der Waals surface area contributed by atoms with Gasteiger partial charge in [-0.25, -0.2) is 9.67 Å². The largest absolute Gasteiger partial charge is 0.323 e. The zero-order valence-electron chi connectivity index (χ0n) is 14.9. The minimum atomic E-state index is -0.151. The fourth-order valence-corrected chi connectivity index (χ4v) is 2.99. The number of aromatic nitrogens is 3. The van der Waals surface area contributed by atoms with Gasteiger partial charge in [0.25, 0.3) is 0 Å². The van der Waals surface area contributed by atoms with Crippen LogP contribution in [0.25, 0.3) is 5.69 Å². The molecule has 8 heteroatoms. The summed E-state index contributed by atoms with van der Waals surface area (Å²) < 4.78 is 1.58. The van der Waals surface area contributed by atoms with Gasteiger partial charge in [0, 0.05) is 16.1 Å². The van der Waals surface area contributed by atoms with Crippen LogP contribution in [-0.4, -0.2) is 39.2 Å². The number of anilines is 1. The maximum Gasteiger partial charge on any atom is 0.238 e. The number of carbonyl (C=O) groups excluding carboxylic acids is 1. The molecule has 2 aromatic carbocycles. The zero-order valence-corrected chi connectivity index (χ0v) is 16.4. The van der Waals surface area contributed by atoms with Crippen molar-refractivity contribution in [3.63, 3.8) is 0 Å². The number of halogens is 2. The van der Waals surface area contributed by atoms with Crippen LogP contribution in [0.15, 0.2) is 55.1 Å².